The molecule has 2 aromatic rings. The van der Waals surface area contributed by atoms with Crippen LogP contribution in [-0.4, -0.2) is 20.2 Å². The van der Waals surface area contributed by atoms with Crippen LogP contribution in [0.3, 0.4) is 0 Å². The highest BCUT2D eigenvalue weighted by Crippen LogP contribution is 2.18. The van der Waals surface area contributed by atoms with Crippen molar-refractivity contribution in [2.24, 2.45) is 0 Å². The van der Waals surface area contributed by atoms with Gasteiger partial charge >= 0.3 is 0 Å². The summed E-state index contributed by atoms with van der Waals surface area (Å²) in [5.41, 5.74) is 4.22. The molecule has 0 radical (unpaired) electrons. The number of benzene rings is 1. The second-order valence-corrected chi connectivity index (χ2v) is 3.94. The first-order chi connectivity index (χ1) is 7.58. The van der Waals surface area contributed by atoms with Gasteiger partial charge in [-0.15, -0.1) is 15.0 Å². The summed E-state index contributed by atoms with van der Waals surface area (Å²) in [5, 5.41) is 12.2. The Morgan fingerprint density at radius 3 is 2.56 bits per heavy atom. The van der Waals surface area contributed by atoms with Crippen molar-refractivity contribution in [3.63, 3.8) is 0 Å². The first-order valence-electron chi connectivity index (χ1n) is 5.11. The van der Waals surface area contributed by atoms with Crippen molar-refractivity contribution in [3.8, 4) is 11.4 Å². The van der Waals surface area contributed by atoms with Crippen LogP contribution in [0.1, 0.15) is 18.1 Å². The van der Waals surface area contributed by atoms with Crippen molar-refractivity contribution < 1.29 is 0 Å². The first-order valence-corrected chi connectivity index (χ1v) is 5.11. The highest BCUT2D eigenvalue weighted by Gasteiger charge is 2.06. The Bertz CT molecular complexity index is 540. The van der Waals surface area contributed by atoms with E-state index in [0.717, 1.165) is 11.3 Å². The van der Waals surface area contributed by atoms with Crippen LogP contribution in [0.2, 0.25) is 0 Å². The van der Waals surface area contributed by atoms with Crippen molar-refractivity contribution in [1.82, 2.24) is 20.2 Å². The van der Waals surface area contributed by atoms with Crippen molar-refractivity contribution >= 4 is 5.70 Å². The fraction of sp³-hybridized carbons (Fsp3) is 0.250. The normalized spacial score (nSPS) is 10.4. The summed E-state index contributed by atoms with van der Waals surface area (Å²) in [4.78, 5) is 1.44. The Morgan fingerprint density at radius 2 is 2.00 bits per heavy atom. The third-order valence-corrected chi connectivity index (χ3v) is 2.52. The number of hydrogen-bond donors (Lipinski definition) is 0. The molecular formula is C12H14N4. The van der Waals surface area contributed by atoms with E-state index in [1.807, 2.05) is 13.0 Å². The highest BCUT2D eigenvalue weighted by molar-refractivity contribution is 5.56. The number of allylic oxidation sites excluding steroid dienone is 1. The molecule has 0 aliphatic carbocycles. The molecule has 0 unspecified atom stereocenters. The van der Waals surface area contributed by atoms with Gasteiger partial charge in [-0.05, 0) is 43.2 Å². The van der Waals surface area contributed by atoms with E-state index in [2.05, 4.69) is 48.0 Å². The molecule has 0 saturated carbocycles. The van der Waals surface area contributed by atoms with Crippen LogP contribution in [0.15, 0.2) is 24.8 Å². The summed E-state index contributed by atoms with van der Waals surface area (Å²) >= 11 is 0. The summed E-state index contributed by atoms with van der Waals surface area (Å²) in [6, 6.07) is 6.13. The molecule has 4 nitrogen and oxygen atoms in total. The maximum absolute atomic E-state index is 4.25. The molecule has 0 N–H and O–H groups in total. The lowest BCUT2D eigenvalue weighted by Crippen LogP contribution is -1.96. The van der Waals surface area contributed by atoms with Gasteiger partial charge in [0.2, 0.25) is 5.82 Å². The molecule has 4 heteroatoms. The molecule has 0 atom stereocenters. The minimum Gasteiger partial charge on any atom is -0.136 e. The number of aryl methyl sites for hydroxylation is 2. The second-order valence-electron chi connectivity index (χ2n) is 3.94. The van der Waals surface area contributed by atoms with Gasteiger partial charge in [0, 0.05) is 5.56 Å². The van der Waals surface area contributed by atoms with Gasteiger partial charge in [-0.1, -0.05) is 18.7 Å². The predicted molar refractivity (Wildman–Crippen MR) is 63.7 cm³/mol. The van der Waals surface area contributed by atoms with Crippen LogP contribution < -0.4 is 0 Å². The minimum atomic E-state index is 0.631. The third kappa shape index (κ3) is 1.86. The van der Waals surface area contributed by atoms with Gasteiger partial charge < -0.3 is 0 Å². The molecule has 1 heterocycles. The van der Waals surface area contributed by atoms with E-state index in [0.29, 0.717) is 5.82 Å². The predicted octanol–water partition coefficient (Wildman–Crippen LogP) is 2.45. The molecular weight excluding hydrogens is 200 g/mol. The molecule has 1 aromatic carbocycles. The van der Waals surface area contributed by atoms with Crippen LogP contribution in [0.5, 0.6) is 0 Å². The Kier molecular flexibility index (Phi) is 2.56. The summed E-state index contributed by atoms with van der Waals surface area (Å²) in [5.74, 6) is 0.631. The molecule has 0 saturated heterocycles. The molecule has 0 aliphatic heterocycles. The van der Waals surface area contributed by atoms with Crippen molar-refractivity contribution in [3.05, 3.63) is 35.9 Å². The van der Waals surface area contributed by atoms with E-state index in [4.69, 9.17) is 0 Å². The largest absolute Gasteiger partial charge is 0.205 e. The summed E-state index contributed by atoms with van der Waals surface area (Å²) in [7, 11) is 0. The molecule has 0 fully saturated rings. The Labute approximate surface area is 94.6 Å². The average molecular weight is 214 g/mol. The SMILES string of the molecule is C=C(C)n1nnc(-c2ccc(C)c(C)c2)n1. The molecule has 82 valence electrons. The van der Waals surface area contributed by atoms with Crippen molar-refractivity contribution in [2.45, 2.75) is 20.8 Å². The van der Waals surface area contributed by atoms with E-state index < -0.39 is 0 Å². The van der Waals surface area contributed by atoms with Crippen LogP contribution in [0.4, 0.5) is 0 Å². The van der Waals surface area contributed by atoms with Crippen LogP contribution in [0, 0.1) is 13.8 Å². The lowest BCUT2D eigenvalue weighted by Gasteiger charge is -2.00. The van der Waals surface area contributed by atoms with Gasteiger partial charge in [-0.3, -0.25) is 0 Å². The lowest BCUT2D eigenvalue weighted by molar-refractivity contribution is 0.734. The first kappa shape index (κ1) is 10.5. The van der Waals surface area contributed by atoms with E-state index >= 15 is 0 Å². The van der Waals surface area contributed by atoms with Crippen molar-refractivity contribution in [1.29, 1.82) is 0 Å². The fourth-order valence-electron chi connectivity index (χ4n) is 1.37. The molecule has 0 bridgehead atoms. The van der Waals surface area contributed by atoms with Gasteiger partial charge in [0.1, 0.15) is 0 Å². The number of hydrogen-bond acceptors (Lipinski definition) is 3. The number of rotatable bonds is 2. The van der Waals surface area contributed by atoms with Gasteiger partial charge in [-0.25, -0.2) is 0 Å². The van der Waals surface area contributed by atoms with E-state index in [9.17, 15) is 0 Å². The van der Waals surface area contributed by atoms with E-state index in [1.165, 1.54) is 15.9 Å². The standard InChI is InChI=1S/C12H14N4/c1-8(2)16-14-12(13-15-16)11-6-5-9(3)10(4)7-11/h5-7H,1H2,2-4H3. The second kappa shape index (κ2) is 3.89. The average Bonchev–Trinajstić information content (AvgIpc) is 2.71. The Balaban J connectivity index is 2.42. The molecule has 0 amide bonds. The van der Waals surface area contributed by atoms with Gasteiger partial charge in [-0.2, -0.15) is 0 Å². The zero-order valence-electron chi connectivity index (χ0n) is 9.73. The van der Waals surface area contributed by atoms with E-state index in [-0.39, 0.29) is 0 Å². The molecule has 0 aliphatic rings. The monoisotopic (exact) mass is 214 g/mol. The van der Waals surface area contributed by atoms with Gasteiger partial charge in [0.05, 0.1) is 5.70 Å². The van der Waals surface area contributed by atoms with E-state index in [1.54, 1.807) is 0 Å². The fourth-order valence-corrected chi connectivity index (χ4v) is 1.37. The smallest absolute Gasteiger partial charge is 0.136 e. The quantitative estimate of drug-likeness (QED) is 0.771. The zero-order chi connectivity index (χ0) is 11.7. The number of aromatic nitrogens is 4. The Morgan fingerprint density at radius 1 is 1.25 bits per heavy atom. The lowest BCUT2D eigenvalue weighted by atomic mass is 10.1. The van der Waals surface area contributed by atoms with Crippen LogP contribution in [0.25, 0.3) is 17.1 Å². The summed E-state index contributed by atoms with van der Waals surface area (Å²) in [6.45, 7) is 9.75. The topological polar surface area (TPSA) is 43.6 Å². The molecule has 2 rings (SSSR count). The van der Waals surface area contributed by atoms with Crippen LogP contribution >= 0.6 is 0 Å². The number of tetrazole rings is 1. The minimum absolute atomic E-state index is 0.631. The van der Waals surface area contributed by atoms with Crippen molar-refractivity contribution in [2.75, 3.05) is 0 Å². The molecule has 1 aromatic heterocycles. The summed E-state index contributed by atoms with van der Waals surface area (Å²) < 4.78 is 0. The number of nitrogens with zero attached hydrogens (tertiary/aromatic N) is 4. The third-order valence-electron chi connectivity index (χ3n) is 2.52. The molecule has 16 heavy (non-hydrogen) atoms. The Hall–Kier alpha value is -1.97. The maximum Gasteiger partial charge on any atom is 0.205 e. The highest BCUT2D eigenvalue weighted by atomic mass is 15.6. The van der Waals surface area contributed by atoms with Gasteiger partial charge in [0.15, 0.2) is 0 Å². The van der Waals surface area contributed by atoms with Crippen LogP contribution in [-0.2, 0) is 0 Å². The molecule has 0 spiro atoms. The zero-order valence-corrected chi connectivity index (χ0v) is 9.73. The summed E-state index contributed by atoms with van der Waals surface area (Å²) in [6.07, 6.45) is 0. The van der Waals surface area contributed by atoms with Gasteiger partial charge in [0.25, 0.3) is 0 Å². The maximum atomic E-state index is 4.25.